The van der Waals surface area contributed by atoms with Gasteiger partial charge in [0.25, 0.3) is 0 Å². The molecule has 0 radical (unpaired) electrons. The van der Waals surface area contributed by atoms with E-state index in [1.165, 1.54) is 5.56 Å². The van der Waals surface area contributed by atoms with Gasteiger partial charge in [0, 0.05) is 49.1 Å². The first-order valence-electron chi connectivity index (χ1n) is 25.8. The molecule has 7 heteroatoms. The molecule has 0 saturated carbocycles. The molecule has 380 valence electrons. The largest absolute Gasteiger partial charge is 0.507 e. The van der Waals surface area contributed by atoms with Crippen LogP contribution in [-0.2, 0) is 42.7 Å². The molecule has 0 bridgehead atoms. The van der Waals surface area contributed by atoms with Gasteiger partial charge in [-0.2, -0.15) is 0 Å². The zero-order chi connectivity index (χ0) is 52.3. The van der Waals surface area contributed by atoms with Crippen molar-refractivity contribution < 1.29 is 26.2 Å². The SMILES string of the molecule is CC(C)(C)c1cc(-c2cc(-c3c(-c4ccccc4)cccc3-c3ccccc3)cc(-c3cc(C(C)(C)C)cc(C(C)(C)C)c3O)n2)[c-]c(-c2nc3cncnc3n2-c2ccc(C(C)(C)C)cc2-c2ccccc2)c1.[Pt]. The number of aromatic nitrogens is 5. The second kappa shape index (κ2) is 20.1. The van der Waals surface area contributed by atoms with E-state index < -0.39 is 0 Å². The molecule has 6 nitrogen and oxygen atoms in total. The van der Waals surface area contributed by atoms with Crippen molar-refractivity contribution in [3.63, 3.8) is 0 Å². The molecule has 3 aromatic heterocycles. The maximum Gasteiger partial charge on any atom is 0.160 e. The maximum atomic E-state index is 12.6. The number of benzene rings is 7. The number of nitrogens with zero attached hydrogens (tertiary/aromatic N) is 5. The fourth-order valence-electron chi connectivity index (χ4n) is 9.91. The summed E-state index contributed by atoms with van der Waals surface area (Å²) in [6.45, 7) is 26.6. The molecule has 0 atom stereocenters. The summed E-state index contributed by atoms with van der Waals surface area (Å²) in [5.41, 5.74) is 17.9. The van der Waals surface area contributed by atoms with Crippen LogP contribution < -0.4 is 0 Å². The summed E-state index contributed by atoms with van der Waals surface area (Å²) in [6, 6.07) is 62.1. The second-order valence-corrected chi connectivity index (χ2v) is 23.8. The average Bonchev–Trinajstić information content (AvgIpc) is 3.77. The second-order valence-electron chi connectivity index (χ2n) is 23.8. The van der Waals surface area contributed by atoms with E-state index in [9.17, 15) is 5.11 Å². The summed E-state index contributed by atoms with van der Waals surface area (Å²) in [6.07, 6.45) is 3.39. The van der Waals surface area contributed by atoms with Crippen LogP contribution in [0.3, 0.4) is 0 Å². The van der Waals surface area contributed by atoms with Gasteiger partial charge in [-0.15, -0.1) is 23.8 Å². The van der Waals surface area contributed by atoms with E-state index in [0.717, 1.165) is 78.0 Å². The minimum absolute atomic E-state index is 0. The molecule has 10 rings (SSSR count). The molecule has 0 unspecified atom stereocenters. The quantitative estimate of drug-likeness (QED) is 0.153. The third-order valence-corrected chi connectivity index (χ3v) is 14.2. The Bertz CT molecular complexity index is 3640. The Morgan fingerprint density at radius 1 is 0.453 bits per heavy atom. The number of phenols is 1. The average molecular weight is 1160 g/mol. The van der Waals surface area contributed by atoms with E-state index >= 15 is 0 Å². The summed E-state index contributed by atoms with van der Waals surface area (Å²) in [5, 5.41) is 12.6. The Hall–Kier alpha value is -7.27. The number of aromatic hydroxyl groups is 1. The Morgan fingerprint density at radius 3 is 1.53 bits per heavy atom. The molecular formula is C68H66N5OPt-. The van der Waals surface area contributed by atoms with E-state index in [1.54, 1.807) is 12.5 Å². The summed E-state index contributed by atoms with van der Waals surface area (Å²) in [7, 11) is 0. The number of pyridine rings is 1. The van der Waals surface area contributed by atoms with Crippen LogP contribution in [0.4, 0.5) is 0 Å². The summed E-state index contributed by atoms with van der Waals surface area (Å²) < 4.78 is 2.18. The summed E-state index contributed by atoms with van der Waals surface area (Å²) in [4.78, 5) is 20.4. The van der Waals surface area contributed by atoms with E-state index in [1.807, 2.05) is 0 Å². The molecular weight excluding hydrogens is 1100 g/mol. The van der Waals surface area contributed by atoms with Crippen LogP contribution in [0.15, 0.2) is 176 Å². The Labute approximate surface area is 458 Å². The number of hydrogen-bond acceptors (Lipinski definition) is 5. The predicted molar refractivity (Wildman–Crippen MR) is 308 cm³/mol. The maximum absolute atomic E-state index is 12.6. The number of phenolic OH excluding ortho intramolecular Hbond substituents is 1. The van der Waals surface area contributed by atoms with E-state index in [4.69, 9.17) is 15.0 Å². The van der Waals surface area contributed by atoms with Crippen LogP contribution in [-0.4, -0.2) is 29.6 Å². The zero-order valence-electron chi connectivity index (χ0n) is 45.2. The molecule has 0 aliphatic heterocycles. The van der Waals surface area contributed by atoms with Crippen molar-refractivity contribution in [2.24, 2.45) is 0 Å². The third-order valence-electron chi connectivity index (χ3n) is 14.2. The molecule has 0 amide bonds. The van der Waals surface area contributed by atoms with Crippen molar-refractivity contribution in [2.45, 2.75) is 105 Å². The fraction of sp³-hybridized carbons (Fsp3) is 0.235. The smallest absolute Gasteiger partial charge is 0.160 e. The van der Waals surface area contributed by atoms with Crippen LogP contribution in [0.2, 0.25) is 0 Å². The predicted octanol–water partition coefficient (Wildman–Crippen LogP) is 17.6. The number of rotatable bonds is 8. The van der Waals surface area contributed by atoms with Crippen molar-refractivity contribution >= 4 is 11.2 Å². The van der Waals surface area contributed by atoms with E-state index in [2.05, 4.69) is 262 Å². The molecule has 0 saturated heterocycles. The first-order chi connectivity index (χ1) is 35.1. The van der Waals surface area contributed by atoms with Crippen LogP contribution in [0.5, 0.6) is 5.75 Å². The van der Waals surface area contributed by atoms with Crippen LogP contribution in [0.25, 0.3) is 95.3 Å². The molecule has 3 heterocycles. The third kappa shape index (κ3) is 10.6. The topological polar surface area (TPSA) is 76.7 Å². The summed E-state index contributed by atoms with van der Waals surface area (Å²) >= 11 is 0. The van der Waals surface area contributed by atoms with Gasteiger partial charge in [0.2, 0.25) is 0 Å². The molecule has 1 N–H and O–H groups in total. The van der Waals surface area contributed by atoms with Crippen LogP contribution in [0.1, 0.15) is 105 Å². The first kappa shape index (κ1) is 52.6. The van der Waals surface area contributed by atoms with E-state index in [-0.39, 0.29) is 48.5 Å². The van der Waals surface area contributed by atoms with Crippen LogP contribution >= 0.6 is 0 Å². The molecule has 75 heavy (non-hydrogen) atoms. The number of imidazole rings is 1. The van der Waals surface area contributed by atoms with Crippen LogP contribution in [0, 0.1) is 6.07 Å². The molecule has 0 fully saturated rings. The van der Waals surface area contributed by atoms with Gasteiger partial charge in [0.05, 0.1) is 17.7 Å². The van der Waals surface area contributed by atoms with Crippen molar-refractivity contribution in [3.8, 4) is 89.8 Å². The molecule has 0 aliphatic rings. The fourth-order valence-corrected chi connectivity index (χ4v) is 9.91. The Balaban J connectivity index is 0.00000689. The first-order valence-corrected chi connectivity index (χ1v) is 25.8. The monoisotopic (exact) mass is 1160 g/mol. The molecule has 10 aromatic rings. The van der Waals surface area contributed by atoms with Gasteiger partial charge in [-0.1, -0.05) is 222 Å². The molecule has 0 aliphatic carbocycles. The standard InChI is InChI=1S/C68H66N5O.Pt/c1-65(2,3)49-31-32-60(54(38-49)45-27-20-15-21-28-45)73-63(72-59-41-69-42-70-64(59)73)48-33-46(34-50(35-48)66(4,5)6)57-36-47(37-58(71-57)55-39-51(67(7,8)9)40-56(62(55)74)68(10,11)12)61-52(43-23-16-13-17-24-43)29-22-30-53(61)44-25-18-14-19-26-44;/h13-32,34-42,74H,1-12H3;/q-1;. The van der Waals surface area contributed by atoms with Gasteiger partial charge in [-0.25, -0.2) is 9.97 Å². The zero-order valence-corrected chi connectivity index (χ0v) is 47.5. The number of hydrogen-bond donors (Lipinski definition) is 1. The normalized spacial score (nSPS) is 12.2. The molecule has 0 spiro atoms. The minimum atomic E-state index is -0.353. The van der Waals surface area contributed by atoms with Crippen molar-refractivity contribution in [1.29, 1.82) is 0 Å². The van der Waals surface area contributed by atoms with Gasteiger partial charge in [-0.05, 0) is 96.0 Å². The van der Waals surface area contributed by atoms with Gasteiger partial charge in [-0.3, -0.25) is 9.97 Å². The van der Waals surface area contributed by atoms with Gasteiger partial charge < -0.3 is 9.67 Å². The molecule has 7 aromatic carbocycles. The minimum Gasteiger partial charge on any atom is -0.507 e. The Morgan fingerprint density at radius 2 is 0.973 bits per heavy atom. The van der Waals surface area contributed by atoms with Gasteiger partial charge in [0.15, 0.2) is 5.65 Å². The summed E-state index contributed by atoms with van der Waals surface area (Å²) in [5.74, 6) is 0.923. The Kier molecular flexibility index (Phi) is 14.1. The van der Waals surface area contributed by atoms with Crippen molar-refractivity contribution in [1.82, 2.24) is 24.5 Å². The number of fused-ring (bicyclic) bond motifs is 1. The van der Waals surface area contributed by atoms with E-state index in [0.29, 0.717) is 33.9 Å². The van der Waals surface area contributed by atoms with Gasteiger partial charge in [0.1, 0.15) is 17.6 Å². The van der Waals surface area contributed by atoms with Crippen molar-refractivity contribution in [3.05, 3.63) is 205 Å². The van der Waals surface area contributed by atoms with Gasteiger partial charge >= 0.3 is 0 Å². The van der Waals surface area contributed by atoms with Crippen molar-refractivity contribution in [2.75, 3.05) is 0 Å².